The number of anilines is 1. The quantitative estimate of drug-likeness (QED) is 0.904. The molecule has 2 rings (SSSR count). The number of aromatic nitrogens is 1. The SMILES string of the molecule is Cc1nc(C)c(CNc2cc(F)cc(F)c2)s1. The second-order valence-corrected chi connectivity index (χ2v) is 5.04. The van der Waals surface area contributed by atoms with Gasteiger partial charge in [-0.25, -0.2) is 13.8 Å². The normalized spacial score (nSPS) is 10.6. The Labute approximate surface area is 102 Å². The average molecular weight is 254 g/mol. The van der Waals surface area contributed by atoms with Gasteiger partial charge in [0.2, 0.25) is 0 Å². The van der Waals surface area contributed by atoms with Gasteiger partial charge in [0.25, 0.3) is 0 Å². The van der Waals surface area contributed by atoms with E-state index in [2.05, 4.69) is 10.3 Å². The van der Waals surface area contributed by atoms with Crippen LogP contribution in [0.2, 0.25) is 0 Å². The number of hydrogen-bond acceptors (Lipinski definition) is 3. The number of hydrogen-bond donors (Lipinski definition) is 1. The molecule has 1 N–H and O–H groups in total. The van der Waals surface area contributed by atoms with Crippen molar-refractivity contribution in [1.82, 2.24) is 4.98 Å². The van der Waals surface area contributed by atoms with E-state index in [0.717, 1.165) is 21.6 Å². The molecule has 17 heavy (non-hydrogen) atoms. The summed E-state index contributed by atoms with van der Waals surface area (Å²) in [4.78, 5) is 5.36. The molecule has 0 saturated carbocycles. The van der Waals surface area contributed by atoms with Gasteiger partial charge in [-0.3, -0.25) is 0 Å². The third-order valence-electron chi connectivity index (χ3n) is 2.32. The van der Waals surface area contributed by atoms with Crippen LogP contribution in [0.25, 0.3) is 0 Å². The van der Waals surface area contributed by atoms with Crippen molar-refractivity contribution in [1.29, 1.82) is 0 Å². The van der Waals surface area contributed by atoms with E-state index in [1.54, 1.807) is 11.3 Å². The van der Waals surface area contributed by atoms with E-state index in [9.17, 15) is 8.78 Å². The highest BCUT2D eigenvalue weighted by molar-refractivity contribution is 7.11. The van der Waals surface area contributed by atoms with Crippen molar-refractivity contribution >= 4 is 17.0 Å². The highest BCUT2D eigenvalue weighted by Gasteiger charge is 2.05. The van der Waals surface area contributed by atoms with Gasteiger partial charge in [0.15, 0.2) is 0 Å². The highest BCUT2D eigenvalue weighted by atomic mass is 32.1. The van der Waals surface area contributed by atoms with E-state index in [-0.39, 0.29) is 0 Å². The van der Waals surface area contributed by atoms with Gasteiger partial charge in [-0.15, -0.1) is 11.3 Å². The van der Waals surface area contributed by atoms with Crippen LogP contribution in [0.15, 0.2) is 18.2 Å². The molecule has 0 unspecified atom stereocenters. The molecule has 5 heteroatoms. The predicted molar refractivity (Wildman–Crippen MR) is 65.3 cm³/mol. The van der Waals surface area contributed by atoms with Crippen molar-refractivity contribution in [2.75, 3.05) is 5.32 Å². The molecule has 1 aromatic heterocycles. The minimum Gasteiger partial charge on any atom is -0.380 e. The average Bonchev–Trinajstić information content (AvgIpc) is 2.53. The highest BCUT2D eigenvalue weighted by Crippen LogP contribution is 2.19. The van der Waals surface area contributed by atoms with E-state index < -0.39 is 11.6 Å². The van der Waals surface area contributed by atoms with Crippen LogP contribution in [0.3, 0.4) is 0 Å². The molecule has 0 saturated heterocycles. The van der Waals surface area contributed by atoms with Crippen molar-refractivity contribution in [2.24, 2.45) is 0 Å². The number of thiazole rings is 1. The van der Waals surface area contributed by atoms with Gasteiger partial charge in [0.05, 0.1) is 17.2 Å². The number of halogens is 2. The van der Waals surface area contributed by atoms with Gasteiger partial charge in [-0.2, -0.15) is 0 Å². The maximum Gasteiger partial charge on any atom is 0.128 e. The Kier molecular flexibility index (Phi) is 3.38. The summed E-state index contributed by atoms with van der Waals surface area (Å²) in [5, 5.41) is 3.98. The lowest BCUT2D eigenvalue weighted by atomic mass is 10.3. The zero-order chi connectivity index (χ0) is 12.4. The molecular formula is C12H12F2N2S. The first-order chi connectivity index (χ1) is 8.04. The van der Waals surface area contributed by atoms with Gasteiger partial charge >= 0.3 is 0 Å². The molecule has 2 aromatic rings. The third-order valence-corrected chi connectivity index (χ3v) is 3.39. The first-order valence-corrected chi connectivity index (χ1v) is 5.99. The summed E-state index contributed by atoms with van der Waals surface area (Å²) in [5.41, 5.74) is 1.39. The first-order valence-electron chi connectivity index (χ1n) is 5.17. The van der Waals surface area contributed by atoms with Gasteiger partial charge < -0.3 is 5.32 Å². The van der Waals surface area contributed by atoms with E-state index in [0.29, 0.717) is 12.2 Å². The minimum absolute atomic E-state index is 0.438. The molecule has 1 heterocycles. The molecule has 0 atom stereocenters. The number of rotatable bonds is 3. The van der Waals surface area contributed by atoms with Crippen molar-refractivity contribution in [3.05, 3.63) is 45.4 Å². The van der Waals surface area contributed by atoms with E-state index >= 15 is 0 Å². The Morgan fingerprint density at radius 1 is 1.18 bits per heavy atom. The summed E-state index contributed by atoms with van der Waals surface area (Å²) in [5.74, 6) is -1.16. The molecule has 0 fully saturated rings. The lowest BCUT2D eigenvalue weighted by Gasteiger charge is -2.05. The molecule has 0 bridgehead atoms. The molecule has 90 valence electrons. The van der Waals surface area contributed by atoms with Crippen LogP contribution in [0, 0.1) is 25.5 Å². The van der Waals surface area contributed by atoms with Crippen molar-refractivity contribution < 1.29 is 8.78 Å². The third kappa shape index (κ3) is 3.00. The molecule has 0 spiro atoms. The molecular weight excluding hydrogens is 242 g/mol. The van der Waals surface area contributed by atoms with Crippen LogP contribution in [-0.2, 0) is 6.54 Å². The van der Waals surface area contributed by atoms with Crippen LogP contribution in [-0.4, -0.2) is 4.98 Å². The summed E-state index contributed by atoms with van der Waals surface area (Å²) >= 11 is 1.58. The van der Waals surface area contributed by atoms with Gasteiger partial charge in [0.1, 0.15) is 11.6 Å². The van der Waals surface area contributed by atoms with Gasteiger partial charge in [0, 0.05) is 16.6 Å². The Hall–Kier alpha value is -1.49. The van der Waals surface area contributed by atoms with Crippen molar-refractivity contribution in [3.63, 3.8) is 0 Å². The van der Waals surface area contributed by atoms with Crippen LogP contribution in [0.1, 0.15) is 15.6 Å². The maximum absolute atomic E-state index is 12.9. The topological polar surface area (TPSA) is 24.9 Å². The van der Waals surface area contributed by atoms with Crippen LogP contribution in [0.4, 0.5) is 14.5 Å². The zero-order valence-corrected chi connectivity index (χ0v) is 10.4. The van der Waals surface area contributed by atoms with Crippen LogP contribution >= 0.6 is 11.3 Å². The molecule has 1 aromatic carbocycles. The largest absolute Gasteiger partial charge is 0.380 e. The standard InChI is InChI=1S/C12H12F2N2S/c1-7-12(17-8(2)16-7)6-15-11-4-9(13)3-10(14)5-11/h3-5,15H,6H2,1-2H3. The Bertz CT molecular complexity index is 517. The number of nitrogens with zero attached hydrogens (tertiary/aromatic N) is 1. The summed E-state index contributed by atoms with van der Waals surface area (Å²) in [7, 11) is 0. The van der Waals surface area contributed by atoms with Crippen molar-refractivity contribution in [3.8, 4) is 0 Å². The number of nitrogens with one attached hydrogen (secondary N) is 1. The lowest BCUT2D eigenvalue weighted by molar-refractivity contribution is 0.584. The number of aryl methyl sites for hydroxylation is 2. The molecule has 0 aliphatic heterocycles. The molecule has 0 aliphatic carbocycles. The van der Waals surface area contributed by atoms with Gasteiger partial charge in [-0.05, 0) is 26.0 Å². The predicted octanol–water partition coefficient (Wildman–Crippen LogP) is 3.65. The Morgan fingerprint density at radius 3 is 2.35 bits per heavy atom. The molecule has 0 radical (unpaired) electrons. The summed E-state index contributed by atoms with van der Waals surface area (Å²) in [6.07, 6.45) is 0. The summed E-state index contributed by atoms with van der Waals surface area (Å²) in [6, 6.07) is 3.39. The smallest absolute Gasteiger partial charge is 0.128 e. The second kappa shape index (κ2) is 4.79. The summed E-state index contributed by atoms with van der Waals surface area (Å²) in [6.45, 7) is 4.38. The van der Waals surface area contributed by atoms with Crippen LogP contribution < -0.4 is 5.32 Å². The molecule has 2 nitrogen and oxygen atoms in total. The fourth-order valence-electron chi connectivity index (χ4n) is 1.58. The maximum atomic E-state index is 12.9. The molecule has 0 amide bonds. The van der Waals surface area contributed by atoms with Gasteiger partial charge in [-0.1, -0.05) is 0 Å². The van der Waals surface area contributed by atoms with Crippen molar-refractivity contribution in [2.45, 2.75) is 20.4 Å². The van der Waals surface area contributed by atoms with E-state index in [1.165, 1.54) is 12.1 Å². The van der Waals surface area contributed by atoms with E-state index in [4.69, 9.17) is 0 Å². The fraction of sp³-hybridized carbons (Fsp3) is 0.250. The summed E-state index contributed by atoms with van der Waals surface area (Å²) < 4.78 is 25.9. The Balaban J connectivity index is 2.09. The van der Waals surface area contributed by atoms with Crippen LogP contribution in [0.5, 0.6) is 0 Å². The second-order valence-electron chi connectivity index (χ2n) is 3.75. The number of benzene rings is 1. The van der Waals surface area contributed by atoms with E-state index in [1.807, 2.05) is 13.8 Å². The Morgan fingerprint density at radius 2 is 1.82 bits per heavy atom. The molecule has 0 aliphatic rings. The fourth-order valence-corrected chi connectivity index (χ4v) is 2.45. The minimum atomic E-state index is -0.579. The zero-order valence-electron chi connectivity index (χ0n) is 9.55. The first kappa shape index (κ1) is 12.0. The lowest BCUT2D eigenvalue weighted by Crippen LogP contribution is -2.00. The monoisotopic (exact) mass is 254 g/mol.